The number of rotatable bonds is 8. The molecule has 0 aliphatic heterocycles. The number of nitro benzene ring substituents is 1. The van der Waals surface area contributed by atoms with Crippen LogP contribution >= 0.6 is 15.9 Å². The Morgan fingerprint density at radius 2 is 1.94 bits per heavy atom. The molecule has 0 aromatic heterocycles. The molecule has 0 fully saturated rings. The fourth-order valence-corrected chi connectivity index (χ4v) is 3.34. The summed E-state index contributed by atoms with van der Waals surface area (Å²) < 4.78 is 11.4. The van der Waals surface area contributed by atoms with Gasteiger partial charge in [-0.2, -0.15) is 5.26 Å². The SMILES string of the molecule is COc1ccc(NC(=O)/C(C#N)=C\c2ccc(OCc3cccc([N+](=O)[O-])c3)c(Br)c2)cc1. The molecule has 166 valence electrons. The lowest BCUT2D eigenvalue weighted by molar-refractivity contribution is -0.384. The van der Waals surface area contributed by atoms with Gasteiger partial charge in [0.15, 0.2) is 0 Å². The Kier molecular flexibility index (Phi) is 7.78. The first kappa shape index (κ1) is 23.5. The molecule has 0 saturated carbocycles. The number of hydrogen-bond donors (Lipinski definition) is 1. The van der Waals surface area contributed by atoms with Crippen LogP contribution in [0, 0.1) is 21.4 Å². The third-order valence-electron chi connectivity index (χ3n) is 4.50. The maximum Gasteiger partial charge on any atom is 0.269 e. The Labute approximate surface area is 198 Å². The zero-order valence-corrected chi connectivity index (χ0v) is 19.0. The van der Waals surface area contributed by atoms with Crippen LogP contribution in [-0.2, 0) is 11.4 Å². The Bertz CT molecular complexity index is 1250. The van der Waals surface area contributed by atoms with E-state index >= 15 is 0 Å². The van der Waals surface area contributed by atoms with Gasteiger partial charge in [0.2, 0.25) is 0 Å². The monoisotopic (exact) mass is 507 g/mol. The molecule has 1 amide bonds. The number of nitrogens with one attached hydrogen (secondary N) is 1. The molecule has 0 spiro atoms. The van der Waals surface area contributed by atoms with E-state index in [0.29, 0.717) is 32.8 Å². The Balaban J connectivity index is 1.69. The van der Waals surface area contributed by atoms with Crippen molar-refractivity contribution >= 4 is 39.3 Å². The fourth-order valence-electron chi connectivity index (χ4n) is 2.83. The minimum Gasteiger partial charge on any atom is -0.497 e. The van der Waals surface area contributed by atoms with Crippen molar-refractivity contribution in [3.63, 3.8) is 0 Å². The number of anilines is 1. The van der Waals surface area contributed by atoms with E-state index in [1.807, 2.05) is 6.07 Å². The predicted molar refractivity (Wildman–Crippen MR) is 127 cm³/mol. The van der Waals surface area contributed by atoms with Gasteiger partial charge in [-0.15, -0.1) is 0 Å². The molecule has 0 aliphatic carbocycles. The van der Waals surface area contributed by atoms with Gasteiger partial charge >= 0.3 is 0 Å². The minimum absolute atomic E-state index is 0.00685. The van der Waals surface area contributed by atoms with E-state index in [-0.39, 0.29) is 17.9 Å². The number of amides is 1. The van der Waals surface area contributed by atoms with Crippen molar-refractivity contribution in [2.24, 2.45) is 0 Å². The highest BCUT2D eigenvalue weighted by Crippen LogP contribution is 2.28. The molecule has 8 nitrogen and oxygen atoms in total. The van der Waals surface area contributed by atoms with Crippen molar-refractivity contribution in [1.82, 2.24) is 0 Å². The van der Waals surface area contributed by atoms with E-state index in [4.69, 9.17) is 9.47 Å². The van der Waals surface area contributed by atoms with Gasteiger partial charge in [-0.3, -0.25) is 14.9 Å². The van der Waals surface area contributed by atoms with E-state index in [9.17, 15) is 20.2 Å². The highest BCUT2D eigenvalue weighted by Gasteiger charge is 2.11. The van der Waals surface area contributed by atoms with E-state index in [2.05, 4.69) is 21.2 Å². The maximum atomic E-state index is 12.5. The topological polar surface area (TPSA) is 114 Å². The Morgan fingerprint density at radius 1 is 1.18 bits per heavy atom. The van der Waals surface area contributed by atoms with Crippen LogP contribution < -0.4 is 14.8 Å². The van der Waals surface area contributed by atoms with Gasteiger partial charge in [0.25, 0.3) is 11.6 Å². The summed E-state index contributed by atoms with van der Waals surface area (Å²) in [6.45, 7) is 0.142. The molecule has 0 heterocycles. The smallest absolute Gasteiger partial charge is 0.269 e. The molecule has 3 aromatic carbocycles. The molecule has 33 heavy (non-hydrogen) atoms. The zero-order chi connectivity index (χ0) is 23.8. The number of carbonyl (C=O) groups is 1. The number of carbonyl (C=O) groups excluding carboxylic acids is 1. The molecule has 0 unspecified atom stereocenters. The molecule has 0 atom stereocenters. The Hall–Kier alpha value is -4.16. The largest absolute Gasteiger partial charge is 0.497 e. The summed E-state index contributed by atoms with van der Waals surface area (Å²) in [5, 5.41) is 23.0. The van der Waals surface area contributed by atoms with Gasteiger partial charge in [0.1, 0.15) is 29.7 Å². The van der Waals surface area contributed by atoms with Crippen LogP contribution in [0.5, 0.6) is 11.5 Å². The summed E-state index contributed by atoms with van der Waals surface area (Å²) in [7, 11) is 1.55. The number of non-ortho nitro benzene ring substituents is 1. The molecular formula is C24H18BrN3O5. The van der Waals surface area contributed by atoms with Gasteiger partial charge in [-0.25, -0.2) is 0 Å². The van der Waals surface area contributed by atoms with Crippen LogP contribution in [0.1, 0.15) is 11.1 Å². The number of halogens is 1. The number of nitriles is 1. The normalized spacial score (nSPS) is 10.8. The lowest BCUT2D eigenvalue weighted by Gasteiger charge is -2.09. The molecule has 3 aromatic rings. The average molecular weight is 508 g/mol. The van der Waals surface area contributed by atoms with Gasteiger partial charge in [-0.1, -0.05) is 18.2 Å². The highest BCUT2D eigenvalue weighted by molar-refractivity contribution is 9.10. The summed E-state index contributed by atoms with van der Waals surface area (Å²) >= 11 is 3.42. The van der Waals surface area contributed by atoms with Crippen LogP contribution in [0.4, 0.5) is 11.4 Å². The lowest BCUT2D eigenvalue weighted by Crippen LogP contribution is -2.13. The second-order valence-electron chi connectivity index (χ2n) is 6.76. The lowest BCUT2D eigenvalue weighted by atomic mass is 10.1. The molecular weight excluding hydrogens is 490 g/mol. The summed E-state index contributed by atoms with van der Waals surface area (Å²) in [5.41, 5.74) is 1.73. The first-order valence-corrected chi connectivity index (χ1v) is 10.4. The van der Waals surface area contributed by atoms with Gasteiger partial charge in [0, 0.05) is 17.8 Å². The van der Waals surface area contributed by atoms with Crippen molar-refractivity contribution in [1.29, 1.82) is 5.26 Å². The minimum atomic E-state index is -0.537. The second-order valence-corrected chi connectivity index (χ2v) is 7.61. The second kappa shape index (κ2) is 10.9. The van der Waals surface area contributed by atoms with Gasteiger partial charge < -0.3 is 14.8 Å². The average Bonchev–Trinajstić information content (AvgIpc) is 2.82. The van der Waals surface area contributed by atoms with Crippen LogP contribution in [0.3, 0.4) is 0 Å². The summed E-state index contributed by atoms with van der Waals surface area (Å²) in [4.78, 5) is 22.9. The first-order chi connectivity index (χ1) is 15.9. The molecule has 0 bridgehead atoms. The van der Waals surface area contributed by atoms with Crippen molar-refractivity contribution in [2.75, 3.05) is 12.4 Å². The van der Waals surface area contributed by atoms with E-state index < -0.39 is 10.8 Å². The summed E-state index contributed by atoms with van der Waals surface area (Å²) in [6.07, 6.45) is 1.47. The highest BCUT2D eigenvalue weighted by atomic mass is 79.9. The molecule has 0 saturated heterocycles. The van der Waals surface area contributed by atoms with Crippen LogP contribution in [-0.4, -0.2) is 17.9 Å². The number of methoxy groups -OCH3 is 1. The molecule has 9 heteroatoms. The number of ether oxygens (including phenoxy) is 2. The van der Waals surface area contributed by atoms with Gasteiger partial charge in [-0.05, 0) is 69.5 Å². The maximum absolute atomic E-state index is 12.5. The molecule has 3 rings (SSSR count). The number of nitrogens with zero attached hydrogens (tertiary/aromatic N) is 2. The van der Waals surface area contributed by atoms with Crippen molar-refractivity contribution in [3.8, 4) is 17.6 Å². The van der Waals surface area contributed by atoms with Crippen molar-refractivity contribution < 1.29 is 19.2 Å². The summed E-state index contributed by atoms with van der Waals surface area (Å²) in [5.74, 6) is 0.631. The zero-order valence-electron chi connectivity index (χ0n) is 17.4. The van der Waals surface area contributed by atoms with Gasteiger partial charge in [0.05, 0.1) is 16.5 Å². The summed E-state index contributed by atoms with van der Waals surface area (Å²) in [6, 6.07) is 20.0. The van der Waals surface area contributed by atoms with Crippen LogP contribution in [0.2, 0.25) is 0 Å². The standard InChI is InChI=1S/C24H18BrN3O5/c1-32-21-8-6-19(7-9-21)27-24(29)18(14-26)11-16-5-10-23(22(25)13-16)33-15-17-3-2-4-20(12-17)28(30)31/h2-13H,15H2,1H3,(H,27,29)/b18-11-. The number of nitro groups is 1. The molecule has 0 aliphatic rings. The van der Waals surface area contributed by atoms with E-state index in [0.717, 1.165) is 0 Å². The van der Waals surface area contributed by atoms with Crippen LogP contribution in [0.15, 0.2) is 76.8 Å². The fraction of sp³-hybridized carbons (Fsp3) is 0.0833. The van der Waals surface area contributed by atoms with Crippen molar-refractivity contribution in [3.05, 3.63) is 98.0 Å². The van der Waals surface area contributed by atoms with E-state index in [1.54, 1.807) is 61.7 Å². The first-order valence-electron chi connectivity index (χ1n) is 9.62. The third-order valence-corrected chi connectivity index (χ3v) is 5.12. The number of benzene rings is 3. The van der Waals surface area contributed by atoms with Crippen LogP contribution in [0.25, 0.3) is 6.08 Å². The molecule has 0 radical (unpaired) electrons. The van der Waals surface area contributed by atoms with Crippen molar-refractivity contribution in [2.45, 2.75) is 6.61 Å². The number of hydrogen-bond acceptors (Lipinski definition) is 6. The predicted octanol–water partition coefficient (Wildman–Crippen LogP) is 5.49. The molecule has 1 N–H and O–H groups in total. The van der Waals surface area contributed by atoms with E-state index in [1.165, 1.54) is 18.2 Å². The quantitative estimate of drug-likeness (QED) is 0.186. The third kappa shape index (κ3) is 6.41. The Morgan fingerprint density at radius 3 is 2.58 bits per heavy atom.